The molecule has 0 aliphatic carbocycles. The van der Waals surface area contributed by atoms with E-state index < -0.39 is 0 Å². The molecule has 1 atom stereocenters. The fourth-order valence-electron chi connectivity index (χ4n) is 2.34. The quantitative estimate of drug-likeness (QED) is 0.736. The lowest BCUT2D eigenvalue weighted by Gasteiger charge is -2.31. The van der Waals surface area contributed by atoms with Crippen molar-refractivity contribution >= 4 is 11.9 Å². The van der Waals surface area contributed by atoms with Crippen LogP contribution in [0, 0.1) is 5.92 Å². The predicted molar refractivity (Wildman–Crippen MR) is 73.7 cm³/mol. The van der Waals surface area contributed by atoms with Crippen molar-refractivity contribution in [3.8, 4) is 0 Å². The van der Waals surface area contributed by atoms with Gasteiger partial charge in [-0.2, -0.15) is 0 Å². The standard InChI is InChI=1S/C14H26N2O3/c1-11(2)10-16(9-7-13(17)19-3)14(18)12-6-4-5-8-15-12/h11-12,15H,4-10H2,1-3H3. The number of rotatable bonds is 6. The highest BCUT2D eigenvalue weighted by Gasteiger charge is 2.26. The second kappa shape index (κ2) is 8.15. The SMILES string of the molecule is COC(=O)CCN(CC(C)C)C(=O)C1CCCCN1. The monoisotopic (exact) mass is 270 g/mol. The maximum absolute atomic E-state index is 12.4. The molecular weight excluding hydrogens is 244 g/mol. The van der Waals surface area contributed by atoms with Gasteiger partial charge in [-0.25, -0.2) is 0 Å². The summed E-state index contributed by atoms with van der Waals surface area (Å²) in [6.45, 7) is 6.19. The summed E-state index contributed by atoms with van der Waals surface area (Å²) < 4.78 is 4.64. The van der Waals surface area contributed by atoms with Gasteiger partial charge >= 0.3 is 5.97 Å². The summed E-state index contributed by atoms with van der Waals surface area (Å²) >= 11 is 0. The second-order valence-electron chi connectivity index (χ2n) is 5.51. The van der Waals surface area contributed by atoms with Gasteiger partial charge in [-0.15, -0.1) is 0 Å². The third-order valence-electron chi connectivity index (χ3n) is 3.32. The molecule has 1 rings (SSSR count). The van der Waals surface area contributed by atoms with Crippen LogP contribution in [0.2, 0.25) is 0 Å². The van der Waals surface area contributed by atoms with E-state index in [1.54, 1.807) is 4.90 Å². The Balaban J connectivity index is 2.55. The van der Waals surface area contributed by atoms with E-state index in [9.17, 15) is 9.59 Å². The molecule has 1 heterocycles. The van der Waals surface area contributed by atoms with E-state index in [4.69, 9.17) is 0 Å². The van der Waals surface area contributed by atoms with Crippen molar-refractivity contribution in [2.45, 2.75) is 45.6 Å². The zero-order valence-corrected chi connectivity index (χ0v) is 12.3. The Morgan fingerprint density at radius 1 is 1.37 bits per heavy atom. The van der Waals surface area contributed by atoms with E-state index in [-0.39, 0.29) is 24.3 Å². The molecule has 0 bridgehead atoms. The Morgan fingerprint density at radius 3 is 2.63 bits per heavy atom. The van der Waals surface area contributed by atoms with Gasteiger partial charge in [0, 0.05) is 13.1 Å². The number of ether oxygens (including phenoxy) is 1. The average molecular weight is 270 g/mol. The number of amides is 1. The van der Waals surface area contributed by atoms with Crippen molar-refractivity contribution in [3.05, 3.63) is 0 Å². The number of methoxy groups -OCH3 is 1. The first kappa shape index (κ1) is 16.0. The molecule has 0 saturated carbocycles. The molecule has 1 aliphatic rings. The van der Waals surface area contributed by atoms with Crippen LogP contribution < -0.4 is 5.32 Å². The summed E-state index contributed by atoms with van der Waals surface area (Å²) in [6, 6.07) is -0.0786. The summed E-state index contributed by atoms with van der Waals surface area (Å²) in [5.41, 5.74) is 0. The van der Waals surface area contributed by atoms with E-state index in [2.05, 4.69) is 23.9 Å². The van der Waals surface area contributed by atoms with Gasteiger partial charge in [0.15, 0.2) is 0 Å². The van der Waals surface area contributed by atoms with Crippen molar-refractivity contribution in [3.63, 3.8) is 0 Å². The molecule has 1 fully saturated rings. The fraction of sp³-hybridized carbons (Fsp3) is 0.857. The molecule has 1 N–H and O–H groups in total. The zero-order valence-electron chi connectivity index (χ0n) is 12.3. The van der Waals surface area contributed by atoms with Crippen LogP contribution >= 0.6 is 0 Å². The Kier molecular flexibility index (Phi) is 6.84. The van der Waals surface area contributed by atoms with Crippen LogP contribution in [-0.4, -0.2) is 49.6 Å². The number of nitrogens with one attached hydrogen (secondary N) is 1. The van der Waals surface area contributed by atoms with Crippen LogP contribution in [0.15, 0.2) is 0 Å². The van der Waals surface area contributed by atoms with Crippen LogP contribution in [0.4, 0.5) is 0 Å². The molecule has 0 spiro atoms. The Labute approximate surface area is 115 Å². The normalized spacial score (nSPS) is 19.3. The molecule has 0 aromatic heterocycles. The van der Waals surface area contributed by atoms with E-state index >= 15 is 0 Å². The summed E-state index contributed by atoms with van der Waals surface area (Å²) in [5, 5.41) is 3.27. The lowest BCUT2D eigenvalue weighted by Crippen LogP contribution is -2.50. The topological polar surface area (TPSA) is 58.6 Å². The van der Waals surface area contributed by atoms with Gasteiger partial charge in [-0.1, -0.05) is 20.3 Å². The molecular formula is C14H26N2O3. The average Bonchev–Trinajstić information content (AvgIpc) is 2.42. The minimum absolute atomic E-state index is 0.0786. The molecule has 110 valence electrons. The minimum atomic E-state index is -0.266. The number of hydrogen-bond acceptors (Lipinski definition) is 4. The highest BCUT2D eigenvalue weighted by atomic mass is 16.5. The zero-order chi connectivity index (χ0) is 14.3. The fourth-order valence-corrected chi connectivity index (χ4v) is 2.34. The van der Waals surface area contributed by atoms with Gasteiger partial charge in [0.1, 0.15) is 0 Å². The van der Waals surface area contributed by atoms with Crippen molar-refractivity contribution in [2.24, 2.45) is 5.92 Å². The molecule has 0 aromatic carbocycles. The van der Waals surface area contributed by atoms with E-state index in [1.165, 1.54) is 7.11 Å². The van der Waals surface area contributed by atoms with Gasteiger partial charge in [0.2, 0.25) is 5.91 Å². The Bertz CT molecular complexity index is 299. The first-order valence-corrected chi connectivity index (χ1v) is 7.13. The molecule has 1 amide bonds. The Morgan fingerprint density at radius 2 is 2.11 bits per heavy atom. The van der Waals surface area contributed by atoms with Crippen LogP contribution in [-0.2, 0) is 14.3 Å². The second-order valence-corrected chi connectivity index (χ2v) is 5.51. The third kappa shape index (κ3) is 5.59. The van der Waals surface area contributed by atoms with E-state index in [1.807, 2.05) is 0 Å². The molecule has 0 radical (unpaired) electrons. The number of carbonyl (C=O) groups is 2. The lowest BCUT2D eigenvalue weighted by molar-refractivity contribution is -0.142. The predicted octanol–water partition coefficient (Wildman–Crippen LogP) is 1.18. The number of carbonyl (C=O) groups excluding carboxylic acids is 2. The van der Waals surface area contributed by atoms with Crippen LogP contribution in [0.5, 0.6) is 0 Å². The van der Waals surface area contributed by atoms with Crippen LogP contribution in [0.25, 0.3) is 0 Å². The number of piperidine rings is 1. The lowest BCUT2D eigenvalue weighted by atomic mass is 10.0. The molecule has 5 heteroatoms. The number of esters is 1. The van der Waals surface area contributed by atoms with Crippen molar-refractivity contribution in [1.29, 1.82) is 0 Å². The highest BCUT2D eigenvalue weighted by Crippen LogP contribution is 2.12. The molecule has 1 saturated heterocycles. The largest absolute Gasteiger partial charge is 0.469 e. The first-order chi connectivity index (χ1) is 9.04. The van der Waals surface area contributed by atoms with Crippen molar-refractivity contribution < 1.29 is 14.3 Å². The maximum atomic E-state index is 12.4. The highest BCUT2D eigenvalue weighted by molar-refractivity contribution is 5.82. The summed E-state index contributed by atoms with van der Waals surface area (Å²) in [4.78, 5) is 25.5. The maximum Gasteiger partial charge on any atom is 0.307 e. The molecule has 5 nitrogen and oxygen atoms in total. The van der Waals surface area contributed by atoms with Gasteiger partial charge in [0.25, 0.3) is 0 Å². The smallest absolute Gasteiger partial charge is 0.307 e. The molecule has 1 unspecified atom stereocenters. The van der Waals surface area contributed by atoms with Crippen molar-refractivity contribution in [1.82, 2.24) is 10.2 Å². The van der Waals surface area contributed by atoms with Crippen molar-refractivity contribution in [2.75, 3.05) is 26.7 Å². The van der Waals surface area contributed by atoms with Crippen LogP contribution in [0.1, 0.15) is 39.5 Å². The van der Waals surface area contributed by atoms with Gasteiger partial charge in [0.05, 0.1) is 19.6 Å². The van der Waals surface area contributed by atoms with E-state index in [0.717, 1.165) is 25.8 Å². The Hall–Kier alpha value is -1.10. The molecule has 19 heavy (non-hydrogen) atoms. The third-order valence-corrected chi connectivity index (χ3v) is 3.32. The number of nitrogens with zero attached hydrogens (tertiary/aromatic N) is 1. The number of hydrogen-bond donors (Lipinski definition) is 1. The minimum Gasteiger partial charge on any atom is -0.469 e. The molecule has 1 aliphatic heterocycles. The van der Waals surface area contributed by atoms with E-state index in [0.29, 0.717) is 19.0 Å². The van der Waals surface area contributed by atoms with Gasteiger partial charge in [-0.3, -0.25) is 9.59 Å². The summed E-state index contributed by atoms with van der Waals surface area (Å²) in [7, 11) is 1.37. The van der Waals surface area contributed by atoms with Crippen LogP contribution in [0.3, 0.4) is 0 Å². The summed E-state index contributed by atoms with van der Waals surface area (Å²) in [5.74, 6) is 0.251. The summed E-state index contributed by atoms with van der Waals surface area (Å²) in [6.07, 6.45) is 3.39. The first-order valence-electron chi connectivity index (χ1n) is 7.13. The van der Waals surface area contributed by atoms with Gasteiger partial charge < -0.3 is 15.0 Å². The van der Waals surface area contributed by atoms with Gasteiger partial charge in [-0.05, 0) is 25.3 Å². The molecule has 0 aromatic rings.